The molecule has 3 N–H and O–H groups in total. The van der Waals surface area contributed by atoms with Crippen molar-refractivity contribution >= 4 is 12.7 Å². The molecule has 1 aromatic heterocycles. The Morgan fingerprint density at radius 1 is 1.40 bits per heavy atom. The Kier molecular flexibility index (Phi) is 1.89. The molecule has 5 heteroatoms. The molecule has 0 fully saturated rings. The molecule has 1 rings (SSSR count). The van der Waals surface area contributed by atoms with E-state index in [1.54, 1.807) is 0 Å². The summed E-state index contributed by atoms with van der Waals surface area (Å²) in [6.07, 6.45) is 1.37. The molecule has 0 atom stereocenters. The van der Waals surface area contributed by atoms with Crippen LogP contribution in [0.3, 0.4) is 0 Å². The van der Waals surface area contributed by atoms with Gasteiger partial charge in [0.2, 0.25) is 0 Å². The minimum absolute atomic E-state index is 0.123. The third-order valence-corrected chi connectivity index (χ3v) is 1.06. The van der Waals surface area contributed by atoms with E-state index in [1.165, 1.54) is 18.3 Å². The summed E-state index contributed by atoms with van der Waals surface area (Å²) in [5, 5.41) is 26.0. The van der Waals surface area contributed by atoms with Crippen molar-refractivity contribution < 1.29 is 15.2 Å². The van der Waals surface area contributed by atoms with E-state index in [2.05, 4.69) is 4.98 Å². The summed E-state index contributed by atoms with van der Waals surface area (Å²) in [6.45, 7) is 0. The lowest BCUT2D eigenvalue weighted by molar-refractivity contribution is 0.417. The third-order valence-electron chi connectivity index (χ3n) is 1.06. The van der Waals surface area contributed by atoms with Gasteiger partial charge in [0.05, 0.1) is 0 Å². The van der Waals surface area contributed by atoms with Crippen molar-refractivity contribution in [1.82, 2.24) is 4.98 Å². The van der Waals surface area contributed by atoms with E-state index in [1.807, 2.05) is 0 Å². The molecule has 0 aliphatic heterocycles. The van der Waals surface area contributed by atoms with Gasteiger partial charge in [0.15, 0.2) is 0 Å². The highest BCUT2D eigenvalue weighted by atomic mass is 16.4. The van der Waals surface area contributed by atoms with Gasteiger partial charge in [-0.2, -0.15) is 0 Å². The number of rotatable bonds is 1. The minimum Gasteiger partial charge on any atom is -0.507 e. The molecule has 1 aromatic rings. The van der Waals surface area contributed by atoms with E-state index in [0.29, 0.717) is 0 Å². The standard InChI is InChI=1S/C5H6BNO3/c8-4-2-1-3-7-5(4)6(9)10/h1-3,8-10H. The van der Waals surface area contributed by atoms with Gasteiger partial charge in [0.1, 0.15) is 11.3 Å². The number of pyridine rings is 1. The minimum atomic E-state index is -1.71. The molecule has 0 radical (unpaired) electrons. The molecule has 0 spiro atoms. The van der Waals surface area contributed by atoms with Crippen molar-refractivity contribution in [1.29, 1.82) is 0 Å². The maximum absolute atomic E-state index is 8.90. The van der Waals surface area contributed by atoms with E-state index in [-0.39, 0.29) is 11.3 Å². The number of hydrogen-bond donors (Lipinski definition) is 3. The SMILES string of the molecule is OB(O)c1ncccc1O. The molecule has 52 valence electrons. The van der Waals surface area contributed by atoms with Crippen LogP contribution < -0.4 is 5.59 Å². The Bertz CT molecular complexity index is 228. The molecule has 0 saturated heterocycles. The van der Waals surface area contributed by atoms with Gasteiger partial charge in [0.25, 0.3) is 0 Å². The first kappa shape index (κ1) is 7.05. The highest BCUT2D eigenvalue weighted by Gasteiger charge is 2.16. The molecule has 0 aliphatic rings. The Hall–Kier alpha value is -1.07. The van der Waals surface area contributed by atoms with Crippen molar-refractivity contribution in [3.63, 3.8) is 0 Å². The lowest BCUT2D eigenvalue weighted by Gasteiger charge is -1.98. The Balaban J connectivity index is 3.03. The van der Waals surface area contributed by atoms with Gasteiger partial charge in [-0.15, -0.1) is 0 Å². The third kappa shape index (κ3) is 1.26. The van der Waals surface area contributed by atoms with Gasteiger partial charge < -0.3 is 15.2 Å². The van der Waals surface area contributed by atoms with Crippen LogP contribution in [-0.2, 0) is 0 Å². The highest BCUT2D eigenvalue weighted by molar-refractivity contribution is 6.58. The summed E-state index contributed by atoms with van der Waals surface area (Å²) < 4.78 is 0. The van der Waals surface area contributed by atoms with Gasteiger partial charge in [-0.1, -0.05) is 0 Å². The molecular weight excluding hydrogens is 133 g/mol. The fourth-order valence-electron chi connectivity index (χ4n) is 0.608. The van der Waals surface area contributed by atoms with Crippen LogP contribution in [0.5, 0.6) is 5.75 Å². The predicted octanol–water partition coefficient (Wildman–Crippen LogP) is -1.53. The van der Waals surface area contributed by atoms with E-state index >= 15 is 0 Å². The van der Waals surface area contributed by atoms with Crippen LogP contribution in [0.25, 0.3) is 0 Å². The molecule has 0 unspecified atom stereocenters. The number of aromatic hydroxyl groups is 1. The van der Waals surface area contributed by atoms with E-state index in [9.17, 15) is 0 Å². The Labute approximate surface area is 57.9 Å². The zero-order chi connectivity index (χ0) is 7.56. The maximum Gasteiger partial charge on any atom is 0.512 e. The molecule has 1 heterocycles. The second-order valence-electron chi connectivity index (χ2n) is 1.78. The zero-order valence-electron chi connectivity index (χ0n) is 5.10. The average Bonchev–Trinajstić information content (AvgIpc) is 1.88. The first-order valence-corrected chi connectivity index (χ1v) is 2.72. The number of aromatic nitrogens is 1. The lowest BCUT2D eigenvalue weighted by atomic mass is 9.85. The summed E-state index contributed by atoms with van der Waals surface area (Å²) in [6, 6.07) is 2.84. The smallest absolute Gasteiger partial charge is 0.507 e. The lowest BCUT2D eigenvalue weighted by Crippen LogP contribution is -2.32. The second kappa shape index (κ2) is 2.68. The zero-order valence-corrected chi connectivity index (χ0v) is 5.10. The van der Waals surface area contributed by atoms with E-state index in [4.69, 9.17) is 15.2 Å². The second-order valence-corrected chi connectivity index (χ2v) is 1.78. The molecule has 0 aliphatic carbocycles. The summed E-state index contributed by atoms with van der Waals surface area (Å²) in [5.74, 6) is -0.211. The topological polar surface area (TPSA) is 73.6 Å². The first-order chi connectivity index (χ1) is 4.72. The van der Waals surface area contributed by atoms with Gasteiger partial charge >= 0.3 is 7.12 Å². The molecule has 0 aromatic carbocycles. The van der Waals surface area contributed by atoms with Crippen LogP contribution in [0.4, 0.5) is 0 Å². The van der Waals surface area contributed by atoms with Crippen LogP contribution in [0, 0.1) is 0 Å². The van der Waals surface area contributed by atoms with Crippen molar-refractivity contribution in [3.05, 3.63) is 18.3 Å². The van der Waals surface area contributed by atoms with Crippen molar-refractivity contribution in [2.75, 3.05) is 0 Å². The molecular formula is C5H6BNO3. The Morgan fingerprint density at radius 2 is 2.10 bits per heavy atom. The van der Waals surface area contributed by atoms with Crippen molar-refractivity contribution in [2.45, 2.75) is 0 Å². The van der Waals surface area contributed by atoms with Crippen LogP contribution in [0.15, 0.2) is 18.3 Å². The van der Waals surface area contributed by atoms with Crippen LogP contribution in [-0.4, -0.2) is 27.3 Å². The van der Waals surface area contributed by atoms with Gasteiger partial charge in [-0.25, -0.2) is 0 Å². The van der Waals surface area contributed by atoms with Gasteiger partial charge in [0, 0.05) is 6.20 Å². The summed E-state index contributed by atoms with van der Waals surface area (Å²) in [4.78, 5) is 3.53. The Morgan fingerprint density at radius 3 is 2.50 bits per heavy atom. The van der Waals surface area contributed by atoms with E-state index in [0.717, 1.165) is 0 Å². The molecule has 0 saturated carbocycles. The number of hydrogen-bond acceptors (Lipinski definition) is 4. The van der Waals surface area contributed by atoms with Crippen molar-refractivity contribution in [2.24, 2.45) is 0 Å². The largest absolute Gasteiger partial charge is 0.512 e. The quantitative estimate of drug-likeness (QED) is 0.412. The van der Waals surface area contributed by atoms with Crippen LogP contribution in [0.1, 0.15) is 0 Å². The average molecular weight is 139 g/mol. The molecule has 0 bridgehead atoms. The summed E-state index contributed by atoms with van der Waals surface area (Å²) >= 11 is 0. The fourth-order valence-corrected chi connectivity index (χ4v) is 0.608. The highest BCUT2D eigenvalue weighted by Crippen LogP contribution is 1.99. The monoisotopic (exact) mass is 139 g/mol. The van der Waals surface area contributed by atoms with Crippen LogP contribution >= 0.6 is 0 Å². The van der Waals surface area contributed by atoms with Crippen LogP contribution in [0.2, 0.25) is 0 Å². The molecule has 10 heavy (non-hydrogen) atoms. The van der Waals surface area contributed by atoms with E-state index < -0.39 is 7.12 Å². The van der Waals surface area contributed by atoms with Crippen molar-refractivity contribution in [3.8, 4) is 5.75 Å². The predicted molar refractivity (Wildman–Crippen MR) is 35.7 cm³/mol. The number of nitrogens with zero attached hydrogens (tertiary/aromatic N) is 1. The normalized spacial score (nSPS) is 9.40. The molecule has 0 amide bonds. The van der Waals surface area contributed by atoms with Gasteiger partial charge in [-0.05, 0) is 12.1 Å². The summed E-state index contributed by atoms with van der Waals surface area (Å²) in [7, 11) is -1.71. The fraction of sp³-hybridized carbons (Fsp3) is 0. The van der Waals surface area contributed by atoms with Gasteiger partial charge in [-0.3, -0.25) is 4.98 Å². The maximum atomic E-state index is 8.90. The summed E-state index contributed by atoms with van der Waals surface area (Å²) in [5.41, 5.74) is -0.123. The first-order valence-electron chi connectivity index (χ1n) is 2.72. The molecule has 4 nitrogen and oxygen atoms in total.